The molecule has 0 atom stereocenters. The molecule has 0 amide bonds. The van der Waals surface area contributed by atoms with Crippen molar-refractivity contribution in [3.63, 3.8) is 0 Å². The predicted octanol–water partition coefficient (Wildman–Crippen LogP) is 0.860. The summed E-state index contributed by atoms with van der Waals surface area (Å²) in [6.07, 6.45) is 0. The van der Waals surface area contributed by atoms with Crippen LogP contribution in [0.2, 0.25) is 0 Å². The second-order valence-electron chi connectivity index (χ2n) is 1.74. The molecule has 0 aliphatic carbocycles. The average Bonchev–Trinajstić information content (AvgIpc) is 1.64. The Morgan fingerprint density at radius 1 is 1.62 bits per heavy atom. The Balaban J connectivity index is 2.49. The Morgan fingerprint density at radius 2 is 2.25 bits per heavy atom. The van der Waals surface area contributed by atoms with Crippen LogP contribution in [-0.4, -0.2) is 22.2 Å². The topological polar surface area (TPSA) is 20.2 Å². The Kier molecular flexibility index (Phi) is 2.07. The van der Waals surface area contributed by atoms with Crippen LogP contribution < -0.4 is 0 Å². The summed E-state index contributed by atoms with van der Waals surface area (Å²) in [5, 5.41) is 9.21. The van der Waals surface area contributed by atoms with Crippen molar-refractivity contribution in [2.75, 3.05) is 11.5 Å². The monoisotopic (exact) mass is 240 g/mol. The molecular formula is C5H5IOS. The van der Waals surface area contributed by atoms with E-state index in [1.165, 1.54) is 0 Å². The highest BCUT2D eigenvalue weighted by Crippen LogP contribution is 2.28. The van der Waals surface area contributed by atoms with Gasteiger partial charge in [-0.05, 0) is 3.93 Å². The highest BCUT2D eigenvalue weighted by atomic mass is 127. The number of hydrogen-bond donors (Lipinski definition) is 1. The lowest BCUT2D eigenvalue weighted by atomic mass is 10.1. The minimum absolute atomic E-state index is 0.633. The SMILES string of the molecule is OC1(C#CI)CSC1. The van der Waals surface area contributed by atoms with Crippen molar-refractivity contribution in [3.05, 3.63) is 0 Å². The van der Waals surface area contributed by atoms with E-state index in [-0.39, 0.29) is 0 Å². The second kappa shape index (κ2) is 2.46. The lowest BCUT2D eigenvalue weighted by Gasteiger charge is -2.29. The number of rotatable bonds is 0. The minimum atomic E-state index is -0.633. The van der Waals surface area contributed by atoms with E-state index in [4.69, 9.17) is 0 Å². The van der Waals surface area contributed by atoms with Gasteiger partial charge in [0.25, 0.3) is 0 Å². The van der Waals surface area contributed by atoms with E-state index in [0.717, 1.165) is 11.5 Å². The van der Waals surface area contributed by atoms with Crippen molar-refractivity contribution < 1.29 is 5.11 Å². The van der Waals surface area contributed by atoms with Gasteiger partial charge in [-0.15, -0.1) is 0 Å². The molecular weight excluding hydrogens is 235 g/mol. The summed E-state index contributed by atoms with van der Waals surface area (Å²) in [6, 6.07) is 0. The molecule has 1 fully saturated rings. The Morgan fingerprint density at radius 3 is 2.38 bits per heavy atom. The minimum Gasteiger partial charge on any atom is -0.376 e. The lowest BCUT2D eigenvalue weighted by molar-refractivity contribution is 0.142. The third-order valence-electron chi connectivity index (χ3n) is 0.962. The third-order valence-corrected chi connectivity index (χ3v) is 2.59. The van der Waals surface area contributed by atoms with E-state index in [1.807, 2.05) is 22.6 Å². The van der Waals surface area contributed by atoms with Crippen molar-refractivity contribution in [2.24, 2.45) is 0 Å². The number of hydrogen-bond acceptors (Lipinski definition) is 2. The molecule has 0 aromatic heterocycles. The molecule has 1 N–H and O–H groups in total. The zero-order chi connectivity index (χ0) is 6.04. The van der Waals surface area contributed by atoms with Gasteiger partial charge in [0.1, 0.15) is 5.60 Å². The zero-order valence-corrected chi connectivity index (χ0v) is 7.12. The normalized spacial score (nSPS) is 22.8. The molecule has 0 aromatic carbocycles. The maximum atomic E-state index is 9.21. The van der Waals surface area contributed by atoms with E-state index in [2.05, 4.69) is 9.85 Å². The molecule has 1 heterocycles. The largest absolute Gasteiger partial charge is 0.376 e. The molecule has 44 valence electrons. The number of aliphatic hydroxyl groups is 1. The van der Waals surface area contributed by atoms with Crippen LogP contribution >= 0.6 is 34.4 Å². The van der Waals surface area contributed by atoms with Gasteiger partial charge >= 0.3 is 0 Å². The zero-order valence-electron chi connectivity index (χ0n) is 4.15. The summed E-state index contributed by atoms with van der Waals surface area (Å²) in [6.45, 7) is 0. The smallest absolute Gasteiger partial charge is 0.144 e. The van der Waals surface area contributed by atoms with Crippen molar-refractivity contribution in [2.45, 2.75) is 5.60 Å². The van der Waals surface area contributed by atoms with E-state index in [1.54, 1.807) is 11.8 Å². The second-order valence-corrected chi connectivity index (χ2v) is 3.27. The summed E-state index contributed by atoms with van der Waals surface area (Å²) in [4.78, 5) is 0. The quantitative estimate of drug-likeness (QED) is 0.500. The van der Waals surface area contributed by atoms with Crippen LogP contribution in [0.4, 0.5) is 0 Å². The standard InChI is InChI=1S/C5H5IOS/c6-2-1-5(7)3-8-4-5/h7H,3-4H2. The first-order valence-electron chi connectivity index (χ1n) is 2.20. The molecule has 1 nitrogen and oxygen atoms in total. The van der Waals surface area contributed by atoms with Gasteiger partial charge in [0.05, 0.1) is 0 Å². The average molecular weight is 240 g/mol. The number of halogens is 1. The first-order chi connectivity index (χ1) is 3.77. The highest BCUT2D eigenvalue weighted by molar-refractivity contribution is 14.1. The first-order valence-corrected chi connectivity index (χ1v) is 4.43. The molecule has 1 saturated heterocycles. The van der Waals surface area contributed by atoms with Crippen LogP contribution in [0.25, 0.3) is 0 Å². The van der Waals surface area contributed by atoms with Gasteiger partial charge in [0.15, 0.2) is 0 Å². The van der Waals surface area contributed by atoms with Crippen LogP contribution in [0.15, 0.2) is 0 Å². The van der Waals surface area contributed by atoms with Crippen LogP contribution in [0, 0.1) is 9.85 Å². The van der Waals surface area contributed by atoms with Gasteiger partial charge in [0, 0.05) is 34.1 Å². The molecule has 0 saturated carbocycles. The van der Waals surface area contributed by atoms with Gasteiger partial charge in [-0.25, -0.2) is 0 Å². The lowest BCUT2D eigenvalue weighted by Crippen LogP contribution is -2.41. The van der Waals surface area contributed by atoms with E-state index in [9.17, 15) is 5.11 Å². The Labute approximate surface area is 66.4 Å². The van der Waals surface area contributed by atoms with Crippen molar-refractivity contribution in [1.29, 1.82) is 0 Å². The van der Waals surface area contributed by atoms with Gasteiger partial charge in [-0.1, -0.05) is 5.92 Å². The van der Waals surface area contributed by atoms with Crippen LogP contribution in [0.3, 0.4) is 0 Å². The third kappa shape index (κ3) is 1.30. The van der Waals surface area contributed by atoms with E-state index in [0.29, 0.717) is 0 Å². The molecule has 0 radical (unpaired) electrons. The van der Waals surface area contributed by atoms with Crippen molar-refractivity contribution >= 4 is 34.4 Å². The fourth-order valence-corrected chi connectivity index (χ4v) is 1.69. The van der Waals surface area contributed by atoms with Crippen molar-refractivity contribution in [3.8, 4) is 9.85 Å². The molecule has 0 spiro atoms. The number of thioether (sulfide) groups is 1. The van der Waals surface area contributed by atoms with E-state index >= 15 is 0 Å². The predicted molar refractivity (Wildman–Crippen MR) is 44.1 cm³/mol. The molecule has 1 aliphatic heterocycles. The maximum absolute atomic E-state index is 9.21. The summed E-state index contributed by atoms with van der Waals surface area (Å²) in [7, 11) is 0. The van der Waals surface area contributed by atoms with Crippen LogP contribution in [-0.2, 0) is 0 Å². The van der Waals surface area contributed by atoms with Gasteiger partial charge in [-0.3, -0.25) is 0 Å². The van der Waals surface area contributed by atoms with Gasteiger partial charge in [0.2, 0.25) is 0 Å². The summed E-state index contributed by atoms with van der Waals surface area (Å²) >= 11 is 3.67. The molecule has 0 bridgehead atoms. The molecule has 3 heteroatoms. The molecule has 0 aromatic rings. The molecule has 0 unspecified atom stereocenters. The molecule has 1 rings (SSSR count). The van der Waals surface area contributed by atoms with E-state index < -0.39 is 5.60 Å². The molecule has 8 heavy (non-hydrogen) atoms. The fourth-order valence-electron chi connectivity index (χ4n) is 0.456. The van der Waals surface area contributed by atoms with Gasteiger partial charge in [-0.2, -0.15) is 11.8 Å². The molecule has 1 aliphatic rings. The fraction of sp³-hybridized carbons (Fsp3) is 0.600. The Bertz CT molecular complexity index is 142. The van der Waals surface area contributed by atoms with Crippen molar-refractivity contribution in [1.82, 2.24) is 0 Å². The summed E-state index contributed by atoms with van der Waals surface area (Å²) in [5.74, 6) is 4.29. The summed E-state index contributed by atoms with van der Waals surface area (Å²) < 4.78 is 2.67. The highest BCUT2D eigenvalue weighted by Gasteiger charge is 2.32. The van der Waals surface area contributed by atoms with Crippen LogP contribution in [0.1, 0.15) is 0 Å². The first kappa shape index (κ1) is 6.72. The van der Waals surface area contributed by atoms with Crippen LogP contribution in [0.5, 0.6) is 0 Å². The summed E-state index contributed by atoms with van der Waals surface area (Å²) in [5.41, 5.74) is -0.633. The Hall–Kier alpha value is 0.600. The maximum Gasteiger partial charge on any atom is 0.144 e. The van der Waals surface area contributed by atoms with Gasteiger partial charge < -0.3 is 5.11 Å².